The van der Waals surface area contributed by atoms with Crippen molar-refractivity contribution in [2.75, 3.05) is 18.1 Å². The first-order chi connectivity index (χ1) is 10.2. The summed E-state index contributed by atoms with van der Waals surface area (Å²) in [4.78, 5) is 14.4. The Morgan fingerprint density at radius 1 is 1.38 bits per heavy atom. The van der Waals surface area contributed by atoms with Crippen LogP contribution >= 0.6 is 11.8 Å². The number of benzene rings is 1. The molecule has 1 atom stereocenters. The van der Waals surface area contributed by atoms with Gasteiger partial charge in [0.05, 0.1) is 0 Å². The normalized spacial score (nSPS) is 22.0. The number of carbonyl (C=O) groups is 1. The second kappa shape index (κ2) is 6.79. The number of nitrogens with zero attached hydrogens (tertiary/aromatic N) is 1. The van der Waals surface area contributed by atoms with Crippen LogP contribution in [0.3, 0.4) is 0 Å². The maximum atomic E-state index is 13.8. The third-order valence-corrected chi connectivity index (χ3v) is 5.16. The van der Waals surface area contributed by atoms with Gasteiger partial charge in [-0.25, -0.2) is 4.39 Å². The van der Waals surface area contributed by atoms with Crippen LogP contribution in [-0.2, 0) is 11.3 Å². The molecule has 0 aromatic heterocycles. The van der Waals surface area contributed by atoms with Crippen molar-refractivity contribution >= 4 is 17.7 Å². The van der Waals surface area contributed by atoms with Gasteiger partial charge in [0.2, 0.25) is 5.91 Å². The maximum absolute atomic E-state index is 13.8. The van der Waals surface area contributed by atoms with Crippen LogP contribution in [0.15, 0.2) is 24.3 Å². The fourth-order valence-corrected chi connectivity index (χ4v) is 3.65. The lowest BCUT2D eigenvalue weighted by Gasteiger charge is -2.27. The molecule has 0 radical (unpaired) electrons. The summed E-state index contributed by atoms with van der Waals surface area (Å²) >= 11 is 1.89. The number of amides is 1. The Bertz CT molecular complexity index is 501. The van der Waals surface area contributed by atoms with E-state index in [0.717, 1.165) is 30.9 Å². The topological polar surface area (TPSA) is 32.3 Å². The Balaban J connectivity index is 1.63. The summed E-state index contributed by atoms with van der Waals surface area (Å²) in [6.45, 7) is 1.37. The highest BCUT2D eigenvalue weighted by Gasteiger charge is 2.33. The van der Waals surface area contributed by atoms with Crippen molar-refractivity contribution in [3.05, 3.63) is 35.6 Å². The molecule has 0 spiro atoms. The van der Waals surface area contributed by atoms with Gasteiger partial charge in [-0.3, -0.25) is 4.79 Å². The van der Waals surface area contributed by atoms with Crippen molar-refractivity contribution < 1.29 is 9.18 Å². The number of thioether (sulfide) groups is 1. The highest BCUT2D eigenvalue weighted by Crippen LogP contribution is 2.30. The fourth-order valence-electron chi connectivity index (χ4n) is 2.70. The maximum Gasteiger partial charge on any atom is 0.224 e. The van der Waals surface area contributed by atoms with Gasteiger partial charge in [0.1, 0.15) is 5.82 Å². The highest BCUT2D eigenvalue weighted by atomic mass is 32.2. The van der Waals surface area contributed by atoms with Gasteiger partial charge in [-0.05, 0) is 18.9 Å². The SMILES string of the molecule is O=C(CC1CSCCN1)N(Cc1ccccc1F)C1CC1. The van der Waals surface area contributed by atoms with Crippen LogP contribution < -0.4 is 5.32 Å². The van der Waals surface area contributed by atoms with Gasteiger partial charge in [-0.1, -0.05) is 18.2 Å². The number of halogens is 1. The van der Waals surface area contributed by atoms with Gasteiger partial charge in [-0.15, -0.1) is 0 Å². The second-order valence-corrected chi connectivity index (χ2v) is 6.92. The van der Waals surface area contributed by atoms with E-state index >= 15 is 0 Å². The molecule has 1 saturated heterocycles. The summed E-state index contributed by atoms with van der Waals surface area (Å²) in [5.74, 6) is 2.04. The van der Waals surface area contributed by atoms with E-state index in [9.17, 15) is 9.18 Å². The number of hydrogen-bond acceptors (Lipinski definition) is 3. The first-order valence-electron chi connectivity index (χ1n) is 7.58. The monoisotopic (exact) mass is 308 g/mol. The predicted octanol–water partition coefficient (Wildman–Crippen LogP) is 2.41. The molecule has 1 aliphatic carbocycles. The van der Waals surface area contributed by atoms with E-state index in [1.165, 1.54) is 6.07 Å². The Morgan fingerprint density at radius 2 is 2.19 bits per heavy atom. The lowest BCUT2D eigenvalue weighted by atomic mass is 10.1. The van der Waals surface area contributed by atoms with Gasteiger partial charge in [-0.2, -0.15) is 11.8 Å². The summed E-state index contributed by atoms with van der Waals surface area (Å²) in [5, 5.41) is 3.40. The first kappa shape index (κ1) is 14.9. The van der Waals surface area contributed by atoms with Crippen LogP contribution in [0.4, 0.5) is 4.39 Å². The molecule has 1 aromatic rings. The molecule has 21 heavy (non-hydrogen) atoms. The molecule has 2 aliphatic rings. The zero-order chi connectivity index (χ0) is 14.7. The zero-order valence-electron chi connectivity index (χ0n) is 12.1. The Labute approximate surface area is 129 Å². The second-order valence-electron chi connectivity index (χ2n) is 5.77. The van der Waals surface area contributed by atoms with E-state index in [1.54, 1.807) is 12.1 Å². The van der Waals surface area contributed by atoms with Crippen LogP contribution in [0.5, 0.6) is 0 Å². The van der Waals surface area contributed by atoms with E-state index in [0.29, 0.717) is 24.6 Å². The average Bonchev–Trinajstić information content (AvgIpc) is 3.32. The minimum absolute atomic E-state index is 0.153. The van der Waals surface area contributed by atoms with Crippen molar-refractivity contribution in [3.63, 3.8) is 0 Å². The van der Waals surface area contributed by atoms with Gasteiger partial charge in [0, 0.05) is 48.7 Å². The van der Waals surface area contributed by atoms with Crippen molar-refractivity contribution in [1.29, 1.82) is 0 Å². The quantitative estimate of drug-likeness (QED) is 0.906. The summed E-state index contributed by atoms with van der Waals surface area (Å²) in [6, 6.07) is 7.32. The molecule has 1 aliphatic heterocycles. The Kier molecular flexibility index (Phi) is 4.80. The van der Waals surface area contributed by atoms with Crippen molar-refractivity contribution in [2.45, 2.75) is 37.9 Å². The molecule has 3 nitrogen and oxygen atoms in total. The molecule has 2 fully saturated rings. The first-order valence-corrected chi connectivity index (χ1v) is 8.73. The van der Waals surface area contributed by atoms with Gasteiger partial charge in [0.25, 0.3) is 0 Å². The van der Waals surface area contributed by atoms with Gasteiger partial charge >= 0.3 is 0 Å². The van der Waals surface area contributed by atoms with Crippen molar-refractivity contribution in [1.82, 2.24) is 10.2 Å². The molecule has 1 N–H and O–H groups in total. The molecule has 1 saturated carbocycles. The third-order valence-electron chi connectivity index (χ3n) is 4.03. The van der Waals surface area contributed by atoms with Crippen LogP contribution in [0, 0.1) is 5.82 Å². The number of nitrogens with one attached hydrogen (secondary N) is 1. The van der Waals surface area contributed by atoms with E-state index < -0.39 is 0 Å². The molecule has 0 bridgehead atoms. The average molecular weight is 308 g/mol. The minimum Gasteiger partial charge on any atom is -0.335 e. The Morgan fingerprint density at radius 3 is 2.86 bits per heavy atom. The van der Waals surface area contributed by atoms with Gasteiger partial charge < -0.3 is 10.2 Å². The molecule has 1 aromatic carbocycles. The van der Waals surface area contributed by atoms with Crippen LogP contribution in [-0.4, -0.2) is 40.9 Å². The van der Waals surface area contributed by atoms with Crippen LogP contribution in [0.1, 0.15) is 24.8 Å². The lowest BCUT2D eigenvalue weighted by molar-refractivity contribution is -0.132. The molecule has 3 rings (SSSR count). The highest BCUT2D eigenvalue weighted by molar-refractivity contribution is 7.99. The lowest BCUT2D eigenvalue weighted by Crippen LogP contribution is -2.43. The molecule has 114 valence electrons. The fraction of sp³-hybridized carbons (Fsp3) is 0.562. The number of hydrogen-bond donors (Lipinski definition) is 1. The van der Waals surface area contributed by atoms with Crippen molar-refractivity contribution in [3.8, 4) is 0 Å². The summed E-state index contributed by atoms with van der Waals surface area (Å²) < 4.78 is 13.8. The summed E-state index contributed by atoms with van der Waals surface area (Å²) in [7, 11) is 0. The Hall–Kier alpha value is -1.07. The van der Waals surface area contributed by atoms with E-state index in [4.69, 9.17) is 0 Å². The van der Waals surface area contributed by atoms with Gasteiger partial charge in [0.15, 0.2) is 0 Å². The third kappa shape index (κ3) is 3.98. The zero-order valence-corrected chi connectivity index (χ0v) is 12.9. The molecular formula is C16H21FN2OS. The van der Waals surface area contributed by atoms with Crippen LogP contribution in [0.25, 0.3) is 0 Å². The molecule has 1 unspecified atom stereocenters. The van der Waals surface area contributed by atoms with E-state index in [2.05, 4.69) is 5.32 Å². The van der Waals surface area contributed by atoms with E-state index in [1.807, 2.05) is 22.7 Å². The standard InChI is InChI=1S/C16H21FN2OS/c17-15-4-2-1-3-12(15)10-19(14-5-6-14)16(20)9-13-11-21-8-7-18-13/h1-4,13-14,18H,5-11H2. The smallest absolute Gasteiger partial charge is 0.224 e. The summed E-state index contributed by atoms with van der Waals surface area (Å²) in [5.41, 5.74) is 0.615. The number of carbonyl (C=O) groups excluding carboxylic acids is 1. The molecule has 1 heterocycles. The van der Waals surface area contributed by atoms with E-state index in [-0.39, 0.29) is 17.8 Å². The minimum atomic E-state index is -0.220. The van der Waals surface area contributed by atoms with Crippen LogP contribution in [0.2, 0.25) is 0 Å². The van der Waals surface area contributed by atoms with Crippen molar-refractivity contribution in [2.24, 2.45) is 0 Å². The molecular weight excluding hydrogens is 287 g/mol. The largest absolute Gasteiger partial charge is 0.335 e. The predicted molar refractivity (Wildman–Crippen MR) is 83.7 cm³/mol. The molecule has 1 amide bonds. The summed E-state index contributed by atoms with van der Waals surface area (Å²) in [6.07, 6.45) is 2.62. The number of rotatable bonds is 5. The molecule has 5 heteroatoms.